The van der Waals surface area contributed by atoms with Gasteiger partial charge in [0.2, 0.25) is 0 Å². The van der Waals surface area contributed by atoms with E-state index in [4.69, 9.17) is 16.3 Å². The number of benzene rings is 1. The van der Waals surface area contributed by atoms with Gasteiger partial charge in [0.1, 0.15) is 5.60 Å². The molecule has 0 saturated heterocycles. The van der Waals surface area contributed by atoms with Gasteiger partial charge in [-0.1, -0.05) is 23.7 Å². The van der Waals surface area contributed by atoms with E-state index >= 15 is 0 Å². The molecule has 6 heteroatoms. The fourth-order valence-corrected chi connectivity index (χ4v) is 2.91. The largest absolute Gasteiger partial charge is 0.383 e. The van der Waals surface area contributed by atoms with Gasteiger partial charge in [-0.3, -0.25) is 4.68 Å². The minimum Gasteiger partial charge on any atom is -0.383 e. The third-order valence-electron chi connectivity index (χ3n) is 3.17. The highest BCUT2D eigenvalue weighted by Crippen LogP contribution is 2.34. The van der Waals surface area contributed by atoms with E-state index in [0.29, 0.717) is 23.9 Å². The van der Waals surface area contributed by atoms with Gasteiger partial charge in [-0.2, -0.15) is 5.10 Å². The lowest BCUT2D eigenvalue weighted by molar-refractivity contribution is 0.0875. The van der Waals surface area contributed by atoms with E-state index in [1.807, 2.05) is 12.1 Å². The van der Waals surface area contributed by atoms with Crippen LogP contribution in [0.3, 0.4) is 0 Å². The van der Waals surface area contributed by atoms with E-state index in [1.165, 1.54) is 0 Å². The van der Waals surface area contributed by atoms with E-state index in [1.54, 1.807) is 37.0 Å². The summed E-state index contributed by atoms with van der Waals surface area (Å²) in [5, 5.41) is 15.8. The highest BCUT2D eigenvalue weighted by Gasteiger charge is 2.32. The minimum absolute atomic E-state index is 0.526. The molecule has 1 heterocycles. The Bertz CT molecular complexity index is 581. The standard InChI is InChI=1S/C14H16BrClN2O2/c1-14(19,10-3-5-11(16)6-4-10)13-12(15)9-17-18(13)7-8-20-2/h3-6,9,19H,7-8H2,1-2H3. The first-order chi connectivity index (χ1) is 9.46. The van der Waals surface area contributed by atoms with Crippen molar-refractivity contribution in [2.24, 2.45) is 0 Å². The first-order valence-electron chi connectivity index (χ1n) is 6.16. The van der Waals surface area contributed by atoms with Crippen LogP contribution in [0.5, 0.6) is 0 Å². The van der Waals surface area contributed by atoms with Crippen LogP contribution < -0.4 is 0 Å². The normalized spacial score (nSPS) is 14.2. The molecule has 1 aromatic heterocycles. The molecule has 0 aliphatic carbocycles. The van der Waals surface area contributed by atoms with Crippen LogP contribution in [0.4, 0.5) is 0 Å². The van der Waals surface area contributed by atoms with E-state index in [0.717, 1.165) is 10.0 Å². The second-order valence-electron chi connectivity index (χ2n) is 4.64. The third-order valence-corrected chi connectivity index (χ3v) is 4.00. The quantitative estimate of drug-likeness (QED) is 0.892. The summed E-state index contributed by atoms with van der Waals surface area (Å²) in [6.07, 6.45) is 1.68. The van der Waals surface area contributed by atoms with Gasteiger partial charge in [0, 0.05) is 12.1 Å². The number of aliphatic hydroxyl groups is 1. The Labute approximate surface area is 131 Å². The van der Waals surface area contributed by atoms with Gasteiger partial charge in [0.15, 0.2) is 0 Å². The molecular formula is C14H16BrClN2O2. The van der Waals surface area contributed by atoms with Crippen LogP contribution in [0.15, 0.2) is 34.9 Å². The van der Waals surface area contributed by atoms with Crippen LogP contribution in [-0.2, 0) is 16.9 Å². The number of ether oxygens (including phenoxy) is 1. The number of rotatable bonds is 5. The SMILES string of the molecule is COCCn1ncc(Br)c1C(C)(O)c1ccc(Cl)cc1. The van der Waals surface area contributed by atoms with Crippen molar-refractivity contribution in [2.45, 2.75) is 19.1 Å². The van der Waals surface area contributed by atoms with E-state index in [9.17, 15) is 5.11 Å². The third kappa shape index (κ3) is 3.06. The van der Waals surface area contributed by atoms with Gasteiger partial charge < -0.3 is 9.84 Å². The Kier molecular flexibility index (Phi) is 4.86. The van der Waals surface area contributed by atoms with Crippen molar-refractivity contribution in [3.8, 4) is 0 Å². The first kappa shape index (κ1) is 15.5. The molecule has 108 valence electrons. The van der Waals surface area contributed by atoms with Crippen molar-refractivity contribution in [2.75, 3.05) is 13.7 Å². The lowest BCUT2D eigenvalue weighted by Gasteiger charge is -2.26. The zero-order chi connectivity index (χ0) is 14.8. The average Bonchev–Trinajstić information content (AvgIpc) is 2.78. The van der Waals surface area contributed by atoms with Gasteiger partial charge >= 0.3 is 0 Å². The van der Waals surface area contributed by atoms with E-state index in [-0.39, 0.29) is 0 Å². The topological polar surface area (TPSA) is 47.3 Å². The Morgan fingerprint density at radius 1 is 1.40 bits per heavy atom. The van der Waals surface area contributed by atoms with E-state index < -0.39 is 5.60 Å². The summed E-state index contributed by atoms with van der Waals surface area (Å²) >= 11 is 9.34. The Hall–Kier alpha value is -0.880. The maximum absolute atomic E-state index is 10.9. The van der Waals surface area contributed by atoms with E-state index in [2.05, 4.69) is 21.0 Å². The molecule has 0 spiro atoms. The van der Waals surface area contributed by atoms with Crippen molar-refractivity contribution in [1.82, 2.24) is 9.78 Å². The molecule has 4 nitrogen and oxygen atoms in total. The number of nitrogens with zero attached hydrogens (tertiary/aromatic N) is 2. The van der Waals surface area contributed by atoms with Crippen LogP contribution in [0.25, 0.3) is 0 Å². The molecule has 1 atom stereocenters. The fourth-order valence-electron chi connectivity index (χ4n) is 2.10. The minimum atomic E-state index is -1.17. The van der Waals surface area contributed by atoms with Gasteiger partial charge in [0.05, 0.1) is 29.5 Å². The molecule has 1 unspecified atom stereocenters. The maximum Gasteiger partial charge on any atom is 0.129 e. The van der Waals surface area contributed by atoms with Crippen LogP contribution in [0, 0.1) is 0 Å². The highest BCUT2D eigenvalue weighted by atomic mass is 79.9. The number of halogens is 2. The molecule has 0 amide bonds. The molecule has 1 aromatic carbocycles. The zero-order valence-electron chi connectivity index (χ0n) is 11.3. The fraction of sp³-hybridized carbons (Fsp3) is 0.357. The average molecular weight is 360 g/mol. The Balaban J connectivity index is 2.42. The summed E-state index contributed by atoms with van der Waals surface area (Å²) < 4.78 is 7.57. The smallest absolute Gasteiger partial charge is 0.129 e. The van der Waals surface area contributed by atoms with Crippen molar-refractivity contribution < 1.29 is 9.84 Å². The molecule has 2 aromatic rings. The predicted molar refractivity (Wildman–Crippen MR) is 81.9 cm³/mol. The van der Waals surface area contributed by atoms with Crippen molar-refractivity contribution in [3.63, 3.8) is 0 Å². The molecule has 0 aliphatic rings. The molecule has 20 heavy (non-hydrogen) atoms. The number of methoxy groups -OCH3 is 1. The summed E-state index contributed by atoms with van der Waals surface area (Å²) in [7, 11) is 1.63. The summed E-state index contributed by atoms with van der Waals surface area (Å²) in [6.45, 7) is 2.83. The van der Waals surface area contributed by atoms with Crippen molar-refractivity contribution in [1.29, 1.82) is 0 Å². The summed E-state index contributed by atoms with van der Waals surface area (Å²) in [4.78, 5) is 0. The highest BCUT2D eigenvalue weighted by molar-refractivity contribution is 9.10. The van der Waals surface area contributed by atoms with Gasteiger partial charge in [0.25, 0.3) is 0 Å². The molecule has 0 aliphatic heterocycles. The number of hydrogen-bond acceptors (Lipinski definition) is 3. The van der Waals surface area contributed by atoms with Gasteiger partial charge in [-0.15, -0.1) is 0 Å². The summed E-state index contributed by atoms with van der Waals surface area (Å²) in [6, 6.07) is 7.13. The number of aromatic nitrogens is 2. The molecule has 0 saturated carbocycles. The van der Waals surface area contributed by atoms with Crippen LogP contribution in [0.1, 0.15) is 18.2 Å². The Morgan fingerprint density at radius 3 is 2.65 bits per heavy atom. The maximum atomic E-state index is 10.9. The molecule has 2 rings (SSSR count). The predicted octanol–water partition coefficient (Wildman–Crippen LogP) is 3.20. The van der Waals surface area contributed by atoms with Crippen LogP contribution >= 0.6 is 27.5 Å². The van der Waals surface area contributed by atoms with Crippen LogP contribution in [-0.4, -0.2) is 28.6 Å². The molecule has 0 bridgehead atoms. The van der Waals surface area contributed by atoms with Crippen molar-refractivity contribution in [3.05, 3.63) is 51.2 Å². The monoisotopic (exact) mass is 358 g/mol. The van der Waals surface area contributed by atoms with Gasteiger partial charge in [-0.05, 0) is 40.5 Å². The lowest BCUT2D eigenvalue weighted by Crippen LogP contribution is -2.28. The lowest BCUT2D eigenvalue weighted by atomic mass is 9.92. The van der Waals surface area contributed by atoms with Gasteiger partial charge in [-0.25, -0.2) is 0 Å². The van der Waals surface area contributed by atoms with Crippen molar-refractivity contribution >= 4 is 27.5 Å². The summed E-state index contributed by atoms with van der Waals surface area (Å²) in [5.74, 6) is 0. The second-order valence-corrected chi connectivity index (χ2v) is 5.93. The Morgan fingerprint density at radius 2 is 2.05 bits per heavy atom. The number of hydrogen-bond donors (Lipinski definition) is 1. The first-order valence-corrected chi connectivity index (χ1v) is 7.33. The molecule has 0 radical (unpaired) electrons. The molecule has 1 N–H and O–H groups in total. The summed E-state index contributed by atoms with van der Waals surface area (Å²) in [5.41, 5.74) is 0.270. The molecule has 0 fully saturated rings. The second kappa shape index (κ2) is 6.26. The molecular weight excluding hydrogens is 344 g/mol. The zero-order valence-corrected chi connectivity index (χ0v) is 13.6. The van der Waals surface area contributed by atoms with Crippen LogP contribution in [0.2, 0.25) is 5.02 Å².